The molecule has 2 atom stereocenters. The van der Waals surface area contributed by atoms with Crippen LogP contribution in [0.25, 0.3) is 0 Å². The van der Waals surface area contributed by atoms with Gasteiger partial charge in [-0.25, -0.2) is 4.39 Å². The molecule has 1 aliphatic rings. The minimum absolute atomic E-state index is 0.0120. The summed E-state index contributed by atoms with van der Waals surface area (Å²) >= 11 is 0. The predicted molar refractivity (Wildman–Crippen MR) is 74.0 cm³/mol. The summed E-state index contributed by atoms with van der Waals surface area (Å²) in [5.74, 6) is 0.433. The molecule has 2 unspecified atom stereocenters. The van der Waals surface area contributed by atoms with E-state index < -0.39 is 18.0 Å². The lowest BCUT2D eigenvalue weighted by Gasteiger charge is -2.30. The molecule has 0 saturated carbocycles. The molecule has 1 aliphatic heterocycles. The van der Waals surface area contributed by atoms with Crippen LogP contribution in [0.3, 0.4) is 0 Å². The quantitative estimate of drug-likeness (QED) is 0.892. The maximum atomic E-state index is 13.2. The van der Waals surface area contributed by atoms with Crippen molar-refractivity contribution in [2.24, 2.45) is 0 Å². The van der Waals surface area contributed by atoms with E-state index >= 15 is 0 Å². The van der Waals surface area contributed by atoms with Crippen LogP contribution in [0.5, 0.6) is 17.2 Å². The average molecular weight is 290 g/mol. The number of aliphatic hydroxyl groups excluding tert-OH is 1. The van der Waals surface area contributed by atoms with E-state index in [9.17, 15) is 14.6 Å². The Morgan fingerprint density at radius 3 is 2.76 bits per heavy atom. The second-order valence-electron chi connectivity index (χ2n) is 4.97. The zero-order valence-electron chi connectivity index (χ0n) is 11.4. The first-order valence-electron chi connectivity index (χ1n) is 6.59. The van der Waals surface area contributed by atoms with Gasteiger partial charge in [-0.2, -0.15) is 0 Å². The number of hydrogen-bond acceptors (Lipinski definition) is 4. The Kier molecular flexibility index (Phi) is 3.43. The van der Waals surface area contributed by atoms with E-state index in [-0.39, 0.29) is 5.75 Å². The van der Waals surface area contributed by atoms with E-state index in [1.807, 2.05) is 0 Å². The smallest absolute Gasteiger partial charge is 0.160 e. The molecule has 0 spiro atoms. The summed E-state index contributed by atoms with van der Waals surface area (Å²) in [6.45, 7) is 0. The first-order chi connectivity index (χ1) is 10.1. The molecule has 0 bridgehead atoms. The highest BCUT2D eigenvalue weighted by Crippen LogP contribution is 2.42. The zero-order valence-corrected chi connectivity index (χ0v) is 11.4. The molecule has 0 fully saturated rings. The molecule has 2 aromatic carbocycles. The molecule has 1 heterocycles. The van der Waals surface area contributed by atoms with Crippen molar-refractivity contribution in [3.8, 4) is 17.2 Å². The number of halogens is 1. The summed E-state index contributed by atoms with van der Waals surface area (Å²) in [7, 11) is 1.47. The number of aromatic hydroxyl groups is 1. The zero-order chi connectivity index (χ0) is 15.0. The third-order valence-corrected chi connectivity index (χ3v) is 3.61. The number of phenolic OH excluding ortho intramolecular Hbond substituents is 1. The standard InChI is InChI=1S/C16H15FO4/c1-20-15-4-2-9(6-13(15)19)16-8-12(18)11-7-10(17)3-5-14(11)21-16/h2-7,12,16,18-19H,8H2,1H3. The Hall–Kier alpha value is -2.27. The molecule has 21 heavy (non-hydrogen) atoms. The maximum absolute atomic E-state index is 13.2. The van der Waals surface area contributed by atoms with Gasteiger partial charge in [0.2, 0.25) is 0 Å². The first-order valence-corrected chi connectivity index (χ1v) is 6.59. The van der Waals surface area contributed by atoms with Crippen LogP contribution in [-0.2, 0) is 0 Å². The molecule has 0 saturated heterocycles. The Morgan fingerprint density at radius 1 is 1.24 bits per heavy atom. The number of aliphatic hydroxyl groups is 1. The van der Waals surface area contributed by atoms with Gasteiger partial charge in [0.15, 0.2) is 11.5 Å². The van der Waals surface area contributed by atoms with Crippen LogP contribution in [0.4, 0.5) is 4.39 Å². The summed E-state index contributed by atoms with van der Waals surface area (Å²) in [5, 5.41) is 20.0. The van der Waals surface area contributed by atoms with Crippen molar-refractivity contribution < 1.29 is 24.1 Å². The van der Waals surface area contributed by atoms with Crippen LogP contribution in [0.15, 0.2) is 36.4 Å². The monoisotopic (exact) mass is 290 g/mol. The van der Waals surface area contributed by atoms with E-state index in [2.05, 4.69) is 0 Å². The van der Waals surface area contributed by atoms with Crippen LogP contribution >= 0.6 is 0 Å². The third-order valence-electron chi connectivity index (χ3n) is 3.61. The van der Waals surface area contributed by atoms with Crippen LogP contribution in [-0.4, -0.2) is 17.3 Å². The molecule has 0 aromatic heterocycles. The highest BCUT2D eigenvalue weighted by molar-refractivity contribution is 5.44. The van der Waals surface area contributed by atoms with Gasteiger partial charge in [0.1, 0.15) is 17.7 Å². The van der Waals surface area contributed by atoms with Crippen LogP contribution in [0, 0.1) is 5.82 Å². The highest BCUT2D eigenvalue weighted by Gasteiger charge is 2.28. The van der Waals surface area contributed by atoms with E-state index in [4.69, 9.17) is 9.47 Å². The number of phenols is 1. The van der Waals surface area contributed by atoms with Crippen LogP contribution < -0.4 is 9.47 Å². The maximum Gasteiger partial charge on any atom is 0.160 e. The largest absolute Gasteiger partial charge is 0.504 e. The molecular weight excluding hydrogens is 275 g/mol. The van der Waals surface area contributed by atoms with Crippen molar-refractivity contribution in [3.05, 3.63) is 53.3 Å². The molecule has 4 nitrogen and oxygen atoms in total. The Balaban J connectivity index is 1.92. The van der Waals surface area contributed by atoms with Crippen molar-refractivity contribution in [2.45, 2.75) is 18.6 Å². The minimum Gasteiger partial charge on any atom is -0.504 e. The van der Waals surface area contributed by atoms with Crippen molar-refractivity contribution in [3.63, 3.8) is 0 Å². The lowest BCUT2D eigenvalue weighted by atomic mass is 9.95. The second-order valence-corrected chi connectivity index (χ2v) is 4.97. The lowest BCUT2D eigenvalue weighted by Crippen LogP contribution is -2.19. The van der Waals surface area contributed by atoms with Crippen molar-refractivity contribution in [2.75, 3.05) is 7.11 Å². The van der Waals surface area contributed by atoms with E-state index in [1.165, 1.54) is 25.3 Å². The van der Waals surface area contributed by atoms with Gasteiger partial charge in [0.25, 0.3) is 0 Å². The Bertz CT molecular complexity index is 671. The average Bonchev–Trinajstić information content (AvgIpc) is 2.47. The van der Waals surface area contributed by atoms with Gasteiger partial charge in [-0.15, -0.1) is 0 Å². The fourth-order valence-electron chi connectivity index (χ4n) is 2.53. The molecule has 0 amide bonds. The van der Waals surface area contributed by atoms with Gasteiger partial charge in [0.05, 0.1) is 13.2 Å². The van der Waals surface area contributed by atoms with Crippen LogP contribution in [0.2, 0.25) is 0 Å². The predicted octanol–water partition coefficient (Wildman–Crippen LogP) is 3.10. The minimum atomic E-state index is -0.807. The highest BCUT2D eigenvalue weighted by atomic mass is 19.1. The lowest BCUT2D eigenvalue weighted by molar-refractivity contribution is 0.0652. The number of benzene rings is 2. The first kappa shape index (κ1) is 13.7. The summed E-state index contributed by atoms with van der Waals surface area (Å²) in [5.41, 5.74) is 1.17. The van der Waals surface area contributed by atoms with Gasteiger partial charge < -0.3 is 19.7 Å². The molecule has 5 heteroatoms. The molecule has 2 aromatic rings. The number of rotatable bonds is 2. The number of fused-ring (bicyclic) bond motifs is 1. The number of ether oxygens (including phenoxy) is 2. The molecular formula is C16H15FO4. The third kappa shape index (κ3) is 2.52. The van der Waals surface area contributed by atoms with Crippen molar-refractivity contribution >= 4 is 0 Å². The topological polar surface area (TPSA) is 58.9 Å². The van der Waals surface area contributed by atoms with Crippen molar-refractivity contribution in [1.29, 1.82) is 0 Å². The van der Waals surface area contributed by atoms with E-state index in [0.29, 0.717) is 23.5 Å². The molecule has 0 radical (unpaired) electrons. The fraction of sp³-hybridized carbons (Fsp3) is 0.250. The molecule has 110 valence electrons. The summed E-state index contributed by atoms with van der Waals surface area (Å²) in [4.78, 5) is 0. The fourth-order valence-corrected chi connectivity index (χ4v) is 2.53. The van der Waals surface area contributed by atoms with Crippen molar-refractivity contribution in [1.82, 2.24) is 0 Å². The number of hydrogen-bond donors (Lipinski definition) is 2. The molecule has 2 N–H and O–H groups in total. The van der Waals surface area contributed by atoms with Crippen LogP contribution in [0.1, 0.15) is 29.8 Å². The van der Waals surface area contributed by atoms with Gasteiger partial charge in [-0.1, -0.05) is 6.07 Å². The Morgan fingerprint density at radius 2 is 2.05 bits per heavy atom. The van der Waals surface area contributed by atoms with E-state index in [1.54, 1.807) is 18.2 Å². The second kappa shape index (κ2) is 5.26. The summed E-state index contributed by atoms with van der Waals surface area (Å²) < 4.78 is 24.0. The van der Waals surface area contributed by atoms with Gasteiger partial charge in [-0.3, -0.25) is 0 Å². The summed E-state index contributed by atoms with van der Waals surface area (Å²) in [6.07, 6.45) is -0.921. The van der Waals surface area contributed by atoms with Gasteiger partial charge in [-0.05, 0) is 35.9 Å². The molecule has 3 rings (SSSR count). The number of methoxy groups -OCH3 is 1. The van der Waals surface area contributed by atoms with E-state index in [0.717, 1.165) is 5.56 Å². The molecule has 0 aliphatic carbocycles. The summed E-state index contributed by atoms with van der Waals surface area (Å²) in [6, 6.07) is 9.03. The SMILES string of the molecule is COc1ccc(C2CC(O)c3cc(F)ccc3O2)cc1O. The normalized spacial score (nSPS) is 20.5. The Labute approximate surface area is 121 Å². The van der Waals surface area contributed by atoms with Gasteiger partial charge >= 0.3 is 0 Å². The van der Waals surface area contributed by atoms with Gasteiger partial charge in [0, 0.05) is 12.0 Å².